The number of benzene rings is 2. The maximum absolute atomic E-state index is 4.24. The number of nitrogens with zero attached hydrogens (tertiary/aromatic N) is 1. The zero-order chi connectivity index (χ0) is 13.7. The highest BCUT2D eigenvalue weighted by atomic mass is 15.3. The standard InChI is InChI=1S/C18H22N/c1-16(18-12-8-5-9-13-18)14-19(2,3)15-17-10-6-4-7-11-17/h4-13H,1,14-15H2,2-3H3/q+1. The van der Waals surface area contributed by atoms with Crippen molar-refractivity contribution in [2.24, 2.45) is 0 Å². The molecule has 0 spiro atoms. The summed E-state index contributed by atoms with van der Waals surface area (Å²) in [6.45, 7) is 6.21. The molecule has 1 heteroatoms. The number of quaternary nitrogens is 1. The van der Waals surface area contributed by atoms with E-state index in [1.54, 1.807) is 0 Å². The Morgan fingerprint density at radius 2 is 1.42 bits per heavy atom. The molecule has 0 saturated heterocycles. The van der Waals surface area contributed by atoms with Crippen LogP contribution in [0.2, 0.25) is 0 Å². The normalized spacial score (nSPS) is 11.3. The van der Waals surface area contributed by atoms with Crippen LogP contribution in [-0.4, -0.2) is 25.1 Å². The highest BCUT2D eigenvalue weighted by molar-refractivity contribution is 5.63. The molecule has 0 aliphatic carbocycles. The van der Waals surface area contributed by atoms with Crippen LogP contribution in [0.3, 0.4) is 0 Å². The molecule has 0 aliphatic rings. The maximum Gasteiger partial charge on any atom is 0.104 e. The van der Waals surface area contributed by atoms with Gasteiger partial charge in [0.2, 0.25) is 0 Å². The minimum atomic E-state index is 0.914. The largest absolute Gasteiger partial charge is 0.321 e. The van der Waals surface area contributed by atoms with Crippen LogP contribution in [0, 0.1) is 0 Å². The van der Waals surface area contributed by atoms with Crippen LogP contribution in [0.1, 0.15) is 11.1 Å². The van der Waals surface area contributed by atoms with Crippen LogP contribution < -0.4 is 0 Å². The Morgan fingerprint density at radius 1 is 0.895 bits per heavy atom. The van der Waals surface area contributed by atoms with Gasteiger partial charge in [-0.1, -0.05) is 67.2 Å². The Kier molecular flexibility index (Phi) is 4.18. The van der Waals surface area contributed by atoms with Gasteiger partial charge in [0.15, 0.2) is 0 Å². The van der Waals surface area contributed by atoms with Gasteiger partial charge in [-0.05, 0) is 5.56 Å². The number of hydrogen-bond donors (Lipinski definition) is 0. The first-order valence-corrected chi connectivity index (χ1v) is 6.66. The third kappa shape index (κ3) is 4.08. The SMILES string of the molecule is C=C(C[N+](C)(C)Cc1ccccc1)c1ccccc1. The van der Waals surface area contributed by atoms with E-state index in [4.69, 9.17) is 0 Å². The Balaban J connectivity index is 2.03. The zero-order valence-corrected chi connectivity index (χ0v) is 11.8. The first-order valence-electron chi connectivity index (χ1n) is 6.66. The van der Waals surface area contributed by atoms with Gasteiger partial charge in [-0.25, -0.2) is 0 Å². The molecule has 19 heavy (non-hydrogen) atoms. The third-order valence-electron chi connectivity index (χ3n) is 3.25. The summed E-state index contributed by atoms with van der Waals surface area (Å²) in [6.07, 6.45) is 0. The van der Waals surface area contributed by atoms with Gasteiger partial charge in [0.25, 0.3) is 0 Å². The smallest absolute Gasteiger partial charge is 0.104 e. The maximum atomic E-state index is 4.24. The fourth-order valence-electron chi connectivity index (χ4n) is 2.42. The highest BCUT2D eigenvalue weighted by Crippen LogP contribution is 2.18. The Hall–Kier alpha value is -1.86. The molecule has 0 unspecified atom stereocenters. The molecule has 2 aromatic rings. The summed E-state index contributed by atoms with van der Waals surface area (Å²) in [4.78, 5) is 0. The van der Waals surface area contributed by atoms with Crippen molar-refractivity contribution in [3.8, 4) is 0 Å². The van der Waals surface area contributed by atoms with Crippen LogP contribution in [0.4, 0.5) is 0 Å². The minimum Gasteiger partial charge on any atom is -0.321 e. The monoisotopic (exact) mass is 252 g/mol. The van der Waals surface area contributed by atoms with Crippen molar-refractivity contribution in [2.45, 2.75) is 6.54 Å². The van der Waals surface area contributed by atoms with Crippen molar-refractivity contribution in [2.75, 3.05) is 20.6 Å². The molecular weight excluding hydrogens is 230 g/mol. The van der Waals surface area contributed by atoms with Gasteiger partial charge in [0.1, 0.15) is 13.1 Å². The van der Waals surface area contributed by atoms with E-state index in [0.717, 1.165) is 17.6 Å². The van der Waals surface area contributed by atoms with Gasteiger partial charge in [-0.15, -0.1) is 0 Å². The lowest BCUT2D eigenvalue weighted by molar-refractivity contribution is -0.896. The van der Waals surface area contributed by atoms with Crippen molar-refractivity contribution < 1.29 is 4.48 Å². The van der Waals surface area contributed by atoms with E-state index in [0.29, 0.717) is 0 Å². The number of rotatable bonds is 5. The molecule has 98 valence electrons. The van der Waals surface area contributed by atoms with E-state index < -0.39 is 0 Å². The van der Waals surface area contributed by atoms with E-state index in [-0.39, 0.29) is 0 Å². The average molecular weight is 252 g/mol. The lowest BCUT2D eigenvalue weighted by Gasteiger charge is -2.30. The number of likely N-dealkylation sites (N-methyl/N-ethyl adjacent to an activating group) is 1. The average Bonchev–Trinajstić information content (AvgIpc) is 2.39. The van der Waals surface area contributed by atoms with E-state index in [1.807, 2.05) is 6.07 Å². The van der Waals surface area contributed by atoms with Crippen molar-refractivity contribution in [1.29, 1.82) is 0 Å². The van der Waals surface area contributed by atoms with Gasteiger partial charge in [-0.3, -0.25) is 0 Å². The molecule has 0 amide bonds. The summed E-state index contributed by atoms with van der Waals surface area (Å²) in [7, 11) is 4.50. The van der Waals surface area contributed by atoms with Crippen LogP contribution in [0.25, 0.3) is 5.57 Å². The summed E-state index contributed by atoms with van der Waals surface area (Å²) in [5, 5.41) is 0. The molecule has 0 bridgehead atoms. The van der Waals surface area contributed by atoms with Crippen molar-refractivity contribution in [1.82, 2.24) is 0 Å². The molecule has 0 saturated carbocycles. The molecule has 1 nitrogen and oxygen atoms in total. The van der Waals surface area contributed by atoms with Gasteiger partial charge in [0, 0.05) is 11.1 Å². The first kappa shape index (κ1) is 13.6. The first-order chi connectivity index (χ1) is 9.07. The molecule has 0 aliphatic heterocycles. The predicted molar refractivity (Wildman–Crippen MR) is 82.6 cm³/mol. The quantitative estimate of drug-likeness (QED) is 0.706. The van der Waals surface area contributed by atoms with Crippen LogP contribution in [0.15, 0.2) is 67.2 Å². The summed E-state index contributed by atoms with van der Waals surface area (Å²) >= 11 is 0. The van der Waals surface area contributed by atoms with Gasteiger partial charge in [0.05, 0.1) is 14.1 Å². The summed E-state index contributed by atoms with van der Waals surface area (Å²) < 4.78 is 0.914. The Labute approximate surface area is 116 Å². The molecule has 2 rings (SSSR count). The van der Waals surface area contributed by atoms with Crippen LogP contribution in [-0.2, 0) is 6.54 Å². The second-order valence-corrected chi connectivity index (χ2v) is 5.71. The third-order valence-corrected chi connectivity index (χ3v) is 3.25. The van der Waals surface area contributed by atoms with Crippen LogP contribution >= 0.6 is 0 Å². The lowest BCUT2D eigenvalue weighted by atomic mass is 10.1. The van der Waals surface area contributed by atoms with E-state index in [2.05, 4.69) is 75.3 Å². The molecule has 0 atom stereocenters. The van der Waals surface area contributed by atoms with E-state index >= 15 is 0 Å². The Bertz CT molecular complexity index is 526. The molecule has 0 N–H and O–H groups in total. The molecule has 2 aromatic carbocycles. The second kappa shape index (κ2) is 5.85. The zero-order valence-electron chi connectivity index (χ0n) is 11.8. The molecule has 0 fully saturated rings. The molecular formula is C18H22N+. The molecule has 0 radical (unpaired) electrons. The lowest BCUT2D eigenvalue weighted by Crippen LogP contribution is -2.39. The summed E-state index contributed by atoms with van der Waals surface area (Å²) in [5.41, 5.74) is 3.80. The summed E-state index contributed by atoms with van der Waals surface area (Å²) in [6, 6.07) is 21.1. The van der Waals surface area contributed by atoms with Gasteiger partial charge >= 0.3 is 0 Å². The molecule has 0 aromatic heterocycles. The second-order valence-electron chi connectivity index (χ2n) is 5.71. The predicted octanol–water partition coefficient (Wildman–Crippen LogP) is 3.98. The molecule has 0 heterocycles. The van der Waals surface area contributed by atoms with Crippen molar-refractivity contribution in [3.63, 3.8) is 0 Å². The van der Waals surface area contributed by atoms with Crippen LogP contribution in [0.5, 0.6) is 0 Å². The van der Waals surface area contributed by atoms with E-state index in [9.17, 15) is 0 Å². The topological polar surface area (TPSA) is 0 Å². The highest BCUT2D eigenvalue weighted by Gasteiger charge is 2.17. The van der Waals surface area contributed by atoms with Crippen molar-refractivity contribution >= 4 is 5.57 Å². The van der Waals surface area contributed by atoms with E-state index in [1.165, 1.54) is 16.7 Å². The van der Waals surface area contributed by atoms with Crippen molar-refractivity contribution in [3.05, 3.63) is 78.4 Å². The fourth-order valence-corrected chi connectivity index (χ4v) is 2.42. The fraction of sp³-hybridized carbons (Fsp3) is 0.222. The Morgan fingerprint density at radius 3 is 2.00 bits per heavy atom. The minimum absolute atomic E-state index is 0.914. The number of hydrogen-bond acceptors (Lipinski definition) is 0. The summed E-state index contributed by atoms with van der Waals surface area (Å²) in [5.74, 6) is 0. The van der Waals surface area contributed by atoms with Gasteiger partial charge < -0.3 is 4.48 Å². The van der Waals surface area contributed by atoms with Gasteiger partial charge in [-0.2, -0.15) is 0 Å².